The molecule has 0 unspecified atom stereocenters. The van der Waals surface area contributed by atoms with Crippen molar-refractivity contribution < 1.29 is 61.6 Å². The molecule has 4 nitrogen and oxygen atoms in total. The van der Waals surface area contributed by atoms with Crippen molar-refractivity contribution in [1.82, 2.24) is 0 Å². The molecule has 0 bridgehead atoms. The molecule has 0 aromatic carbocycles. The Morgan fingerprint density at radius 1 is 0.850 bits per heavy atom. The smallest absolute Gasteiger partial charge is 0.281 e. The first-order valence-corrected chi connectivity index (χ1v) is 5.31. The minimum atomic E-state index is -7.07. The van der Waals surface area contributed by atoms with Crippen LogP contribution in [-0.2, 0) is 14.9 Å². The van der Waals surface area contributed by atoms with Crippen molar-refractivity contribution >= 4 is 10.1 Å². The van der Waals surface area contributed by atoms with Gasteiger partial charge in [-0.2, -0.15) is 43.5 Å². The summed E-state index contributed by atoms with van der Waals surface area (Å²) in [5, 5.41) is -6.79. The lowest BCUT2D eigenvalue weighted by molar-refractivity contribution is -0.466. The number of ether oxygens (including phenoxy) is 1. The van der Waals surface area contributed by atoms with Gasteiger partial charge in [-0.3, -0.25) is 4.55 Å². The summed E-state index contributed by atoms with van der Waals surface area (Å²) in [5.41, 5.74) is 0. The van der Waals surface area contributed by atoms with Crippen LogP contribution in [0.3, 0.4) is 0 Å². The molecule has 0 fully saturated rings. The normalized spacial score (nSPS) is 15.8. The van der Waals surface area contributed by atoms with Gasteiger partial charge in [0.05, 0.1) is 0 Å². The van der Waals surface area contributed by atoms with E-state index in [0.717, 1.165) is 0 Å². The van der Waals surface area contributed by atoms with E-state index in [-0.39, 0.29) is 0 Å². The van der Waals surface area contributed by atoms with Crippen molar-refractivity contribution in [2.45, 2.75) is 29.8 Å². The summed E-state index contributed by atoms with van der Waals surface area (Å²) in [5.74, 6) is -6.63. The average Bonchev–Trinajstić information content (AvgIpc) is 2.12. The van der Waals surface area contributed by atoms with Crippen molar-refractivity contribution in [2.75, 3.05) is 0 Å². The topological polar surface area (TPSA) is 63.6 Å². The minimum Gasteiger partial charge on any atom is -0.281 e. The molecule has 0 aromatic heterocycles. The van der Waals surface area contributed by atoms with Gasteiger partial charge in [-0.15, -0.1) is 0 Å². The Labute approximate surface area is 103 Å². The van der Waals surface area contributed by atoms with Crippen LogP contribution < -0.4 is 0 Å². The fraction of sp³-hybridized carbons (Fsp3) is 1.00. The van der Waals surface area contributed by atoms with E-state index in [1.165, 1.54) is 0 Å². The van der Waals surface area contributed by atoms with E-state index in [9.17, 15) is 52.3 Å². The highest BCUT2D eigenvalue weighted by Crippen LogP contribution is 2.48. The third kappa shape index (κ3) is 3.08. The lowest BCUT2D eigenvalue weighted by atomic mass is 10.3. The predicted octanol–water partition coefficient (Wildman–Crippen LogP) is 2.57. The quantitative estimate of drug-likeness (QED) is 0.592. The first kappa shape index (κ1) is 19.2. The van der Waals surface area contributed by atoms with Gasteiger partial charge in [-0.05, 0) is 0 Å². The number of rotatable bonds is 6. The zero-order valence-electron chi connectivity index (χ0n) is 8.44. The molecule has 0 aliphatic carbocycles. The average molecular weight is 348 g/mol. The fourth-order valence-corrected chi connectivity index (χ4v) is 0.908. The van der Waals surface area contributed by atoms with Crippen molar-refractivity contribution in [3.63, 3.8) is 0 Å². The second kappa shape index (κ2) is 4.87. The summed E-state index contributed by atoms with van der Waals surface area (Å²) in [6, 6.07) is 0. The van der Waals surface area contributed by atoms with Crippen LogP contribution in [0, 0.1) is 0 Å². The van der Waals surface area contributed by atoms with E-state index in [1.54, 1.807) is 4.74 Å². The number of hydrogen-bond acceptors (Lipinski definition) is 3. The molecule has 0 aromatic rings. The number of alkyl halides is 10. The first-order chi connectivity index (χ1) is 8.40. The van der Waals surface area contributed by atoms with E-state index in [2.05, 4.69) is 0 Å². The summed E-state index contributed by atoms with van der Waals surface area (Å²) in [4.78, 5) is 0. The van der Waals surface area contributed by atoms with Crippen LogP contribution in [0.2, 0.25) is 0 Å². The molecule has 15 heteroatoms. The van der Waals surface area contributed by atoms with Crippen LogP contribution in [0.1, 0.15) is 0 Å². The van der Waals surface area contributed by atoms with Gasteiger partial charge in [0.2, 0.25) is 0 Å². The SMILES string of the molecule is O=S(=O)(O)C(F)(F)C(F)(F)OC(F)(F)C(F)(F)C(F)F. The maximum atomic E-state index is 12.4. The Bertz CT molecular complexity index is 456. The molecule has 1 N–H and O–H groups in total. The van der Waals surface area contributed by atoms with E-state index in [1.807, 2.05) is 0 Å². The molecule has 0 aliphatic heterocycles. The Balaban J connectivity index is 5.62. The highest BCUT2D eigenvalue weighted by atomic mass is 32.2. The van der Waals surface area contributed by atoms with Crippen LogP contribution in [0.25, 0.3) is 0 Å². The Hall–Kier alpha value is -0.830. The van der Waals surface area contributed by atoms with Crippen molar-refractivity contribution in [2.24, 2.45) is 0 Å². The molecule has 0 atom stereocenters. The molecular formula is C5H2F10O4S. The zero-order chi connectivity index (χ0) is 16.8. The summed E-state index contributed by atoms with van der Waals surface area (Å²) in [6.07, 6.45) is -19.1. The fourth-order valence-electron chi connectivity index (χ4n) is 0.566. The standard InChI is InChI=1S/C5H2F10O4S/c6-1(7)2(8,9)3(10,11)19-4(12,13)5(14,15)20(16,17)18/h1H,(H,16,17,18). The molecule has 0 saturated carbocycles. The summed E-state index contributed by atoms with van der Waals surface area (Å²) in [6.45, 7) is 0. The van der Waals surface area contributed by atoms with Gasteiger partial charge in [0, 0.05) is 0 Å². The molecule has 0 spiro atoms. The van der Waals surface area contributed by atoms with Crippen LogP contribution in [0.15, 0.2) is 0 Å². The largest absolute Gasteiger partial charge is 0.460 e. The summed E-state index contributed by atoms with van der Waals surface area (Å²) in [7, 11) is -7.07. The number of hydrogen-bond donors (Lipinski definition) is 1. The molecule has 0 heterocycles. The minimum absolute atomic E-state index is 1.56. The summed E-state index contributed by atoms with van der Waals surface area (Å²) >= 11 is 0. The van der Waals surface area contributed by atoms with Crippen molar-refractivity contribution in [3.8, 4) is 0 Å². The van der Waals surface area contributed by atoms with Gasteiger partial charge >= 0.3 is 39.9 Å². The van der Waals surface area contributed by atoms with Gasteiger partial charge in [0.25, 0.3) is 0 Å². The van der Waals surface area contributed by atoms with Gasteiger partial charge in [0.15, 0.2) is 0 Å². The summed E-state index contributed by atoms with van der Waals surface area (Å²) < 4.78 is 150. The van der Waals surface area contributed by atoms with Gasteiger partial charge < -0.3 is 0 Å². The van der Waals surface area contributed by atoms with Gasteiger partial charge in [-0.25, -0.2) is 13.5 Å². The lowest BCUT2D eigenvalue weighted by Gasteiger charge is -2.31. The van der Waals surface area contributed by atoms with Gasteiger partial charge in [-0.1, -0.05) is 0 Å². The highest BCUT2D eigenvalue weighted by Gasteiger charge is 2.75. The van der Waals surface area contributed by atoms with Gasteiger partial charge in [0.1, 0.15) is 0 Å². The highest BCUT2D eigenvalue weighted by molar-refractivity contribution is 7.86. The first-order valence-electron chi connectivity index (χ1n) is 3.87. The lowest BCUT2D eigenvalue weighted by Crippen LogP contribution is -2.57. The molecular weight excluding hydrogens is 346 g/mol. The second-order valence-electron chi connectivity index (χ2n) is 3.05. The molecule has 0 radical (unpaired) electrons. The Kier molecular flexibility index (Phi) is 4.67. The zero-order valence-corrected chi connectivity index (χ0v) is 9.25. The maximum Gasteiger partial charge on any atom is 0.460 e. The third-order valence-corrected chi connectivity index (χ3v) is 2.47. The van der Waals surface area contributed by atoms with Crippen LogP contribution >= 0.6 is 0 Å². The van der Waals surface area contributed by atoms with Crippen molar-refractivity contribution in [3.05, 3.63) is 0 Å². The predicted molar refractivity (Wildman–Crippen MR) is 38.4 cm³/mol. The molecule has 0 saturated heterocycles. The molecule has 0 amide bonds. The maximum absolute atomic E-state index is 12.4. The molecule has 20 heavy (non-hydrogen) atoms. The Morgan fingerprint density at radius 2 is 1.20 bits per heavy atom. The van der Waals surface area contributed by atoms with Crippen molar-refractivity contribution in [1.29, 1.82) is 0 Å². The van der Waals surface area contributed by atoms with Crippen LogP contribution in [0.5, 0.6) is 0 Å². The second-order valence-corrected chi connectivity index (χ2v) is 4.51. The molecule has 122 valence electrons. The molecule has 0 aliphatic rings. The monoisotopic (exact) mass is 348 g/mol. The number of halogens is 10. The third-order valence-electron chi connectivity index (χ3n) is 1.58. The van der Waals surface area contributed by atoms with E-state index in [0.29, 0.717) is 0 Å². The Morgan fingerprint density at radius 3 is 1.45 bits per heavy atom. The van der Waals surface area contributed by atoms with E-state index < -0.39 is 39.9 Å². The van der Waals surface area contributed by atoms with Crippen LogP contribution in [-0.4, -0.2) is 42.8 Å². The van der Waals surface area contributed by atoms with E-state index in [4.69, 9.17) is 4.55 Å². The molecule has 0 rings (SSSR count). The van der Waals surface area contributed by atoms with Crippen LogP contribution in [0.4, 0.5) is 43.9 Å². The van der Waals surface area contributed by atoms with E-state index >= 15 is 0 Å².